The number of sulfonamides is 1. The Labute approximate surface area is 122 Å². The molecule has 21 heavy (non-hydrogen) atoms. The van der Waals surface area contributed by atoms with Crippen molar-refractivity contribution in [1.82, 2.24) is 0 Å². The van der Waals surface area contributed by atoms with Crippen molar-refractivity contribution in [2.24, 2.45) is 0 Å². The number of ether oxygens (including phenoxy) is 1. The van der Waals surface area contributed by atoms with Crippen molar-refractivity contribution in [3.63, 3.8) is 0 Å². The number of para-hydroxylation sites is 1. The number of halogens is 1. The molecule has 1 aliphatic heterocycles. The van der Waals surface area contributed by atoms with Crippen molar-refractivity contribution in [3.8, 4) is 5.75 Å². The van der Waals surface area contributed by atoms with E-state index in [9.17, 15) is 17.6 Å². The van der Waals surface area contributed by atoms with Crippen LogP contribution >= 0.6 is 0 Å². The van der Waals surface area contributed by atoms with Gasteiger partial charge >= 0.3 is 5.97 Å². The van der Waals surface area contributed by atoms with E-state index >= 15 is 0 Å². The average Bonchev–Trinajstić information content (AvgIpc) is 2.46. The summed E-state index contributed by atoms with van der Waals surface area (Å²) in [6, 6.07) is 4.34. The van der Waals surface area contributed by atoms with Crippen LogP contribution in [-0.2, 0) is 10.0 Å². The first-order chi connectivity index (χ1) is 9.97. The van der Waals surface area contributed by atoms with Crippen molar-refractivity contribution in [3.05, 3.63) is 23.8 Å². The van der Waals surface area contributed by atoms with E-state index in [2.05, 4.69) is 0 Å². The van der Waals surface area contributed by atoms with E-state index < -0.39 is 22.7 Å². The number of fused-ring (bicyclic) bond motifs is 1. The molecule has 0 spiro atoms. The molecule has 1 aromatic rings. The number of unbranched alkanes of at least 4 members (excludes halogenated alkanes) is 1. The van der Waals surface area contributed by atoms with Gasteiger partial charge in [0.05, 0.1) is 24.7 Å². The summed E-state index contributed by atoms with van der Waals surface area (Å²) < 4.78 is 43.2. The fourth-order valence-electron chi connectivity index (χ4n) is 2.17. The lowest BCUT2D eigenvalue weighted by atomic mass is 10.1. The summed E-state index contributed by atoms with van der Waals surface area (Å²) in [6.07, 6.45) is 0.412. The predicted molar refractivity (Wildman–Crippen MR) is 75.2 cm³/mol. The Balaban J connectivity index is 2.34. The first kappa shape index (κ1) is 15.6. The van der Waals surface area contributed by atoms with Crippen LogP contribution in [0.2, 0.25) is 0 Å². The van der Waals surface area contributed by atoms with Crippen LogP contribution in [0, 0.1) is 0 Å². The zero-order chi connectivity index (χ0) is 15.5. The molecule has 0 unspecified atom stereocenters. The van der Waals surface area contributed by atoms with Gasteiger partial charge in [-0.15, -0.1) is 0 Å². The van der Waals surface area contributed by atoms with Crippen LogP contribution in [0.5, 0.6) is 5.75 Å². The van der Waals surface area contributed by atoms with Gasteiger partial charge in [-0.25, -0.2) is 13.2 Å². The maximum absolute atomic E-state index is 12.3. The van der Waals surface area contributed by atoms with Crippen molar-refractivity contribution in [1.29, 1.82) is 0 Å². The van der Waals surface area contributed by atoms with Crippen LogP contribution in [0.4, 0.5) is 10.1 Å². The Hall–Kier alpha value is -1.83. The van der Waals surface area contributed by atoms with E-state index in [0.29, 0.717) is 0 Å². The Bertz CT molecular complexity index is 631. The number of carboxylic acid groups (broad SMARTS) is 1. The molecule has 0 bridgehead atoms. The van der Waals surface area contributed by atoms with Gasteiger partial charge in [-0.2, -0.15) is 0 Å². The molecule has 1 N–H and O–H groups in total. The molecule has 0 amide bonds. The highest BCUT2D eigenvalue weighted by atomic mass is 32.2. The highest BCUT2D eigenvalue weighted by Gasteiger charge is 2.30. The fraction of sp³-hybridized carbons (Fsp3) is 0.462. The number of aromatic carboxylic acids is 1. The van der Waals surface area contributed by atoms with Gasteiger partial charge in [-0.1, -0.05) is 6.07 Å². The lowest BCUT2D eigenvalue weighted by molar-refractivity contribution is 0.0692. The van der Waals surface area contributed by atoms with Crippen LogP contribution in [-0.4, -0.2) is 45.1 Å². The topological polar surface area (TPSA) is 83.9 Å². The van der Waals surface area contributed by atoms with Crippen LogP contribution in [0.3, 0.4) is 0 Å². The van der Waals surface area contributed by atoms with Gasteiger partial charge in [-0.05, 0) is 25.0 Å². The van der Waals surface area contributed by atoms with Gasteiger partial charge in [0, 0.05) is 0 Å². The number of benzene rings is 1. The van der Waals surface area contributed by atoms with E-state index in [0.717, 1.165) is 4.31 Å². The molecule has 116 valence electrons. The maximum Gasteiger partial charge on any atom is 0.339 e. The summed E-state index contributed by atoms with van der Waals surface area (Å²) >= 11 is 0. The normalized spacial score (nSPS) is 14.4. The summed E-state index contributed by atoms with van der Waals surface area (Å²) in [6.45, 7) is -0.355. The number of nitrogens with zero attached hydrogens (tertiary/aromatic N) is 1. The molecule has 0 aromatic heterocycles. The van der Waals surface area contributed by atoms with Crippen LogP contribution in [0.1, 0.15) is 23.2 Å². The highest BCUT2D eigenvalue weighted by Crippen LogP contribution is 2.36. The molecule has 1 aromatic carbocycles. The van der Waals surface area contributed by atoms with Crippen molar-refractivity contribution >= 4 is 21.7 Å². The molecule has 2 rings (SSSR count). The molecule has 0 saturated heterocycles. The maximum atomic E-state index is 12.3. The molecular formula is C13H16FNO5S. The van der Waals surface area contributed by atoms with Gasteiger partial charge in [0.1, 0.15) is 12.2 Å². The van der Waals surface area contributed by atoms with Crippen molar-refractivity contribution in [2.45, 2.75) is 12.8 Å². The number of hydrogen-bond donors (Lipinski definition) is 1. The Morgan fingerprint density at radius 3 is 2.81 bits per heavy atom. The number of rotatable bonds is 6. The summed E-state index contributed by atoms with van der Waals surface area (Å²) in [7, 11) is -3.62. The summed E-state index contributed by atoms with van der Waals surface area (Å²) in [4.78, 5) is 11.2. The third-order valence-electron chi connectivity index (χ3n) is 3.16. The molecule has 0 radical (unpaired) electrons. The Morgan fingerprint density at radius 1 is 1.38 bits per heavy atom. The summed E-state index contributed by atoms with van der Waals surface area (Å²) in [5, 5.41) is 9.11. The molecule has 6 nitrogen and oxygen atoms in total. The van der Waals surface area contributed by atoms with Crippen LogP contribution in [0.25, 0.3) is 0 Å². The quantitative estimate of drug-likeness (QED) is 0.807. The molecule has 0 fully saturated rings. The minimum Gasteiger partial charge on any atom is -0.489 e. The third kappa shape index (κ3) is 3.26. The number of carboxylic acids is 1. The largest absolute Gasteiger partial charge is 0.489 e. The second kappa shape index (κ2) is 6.30. The average molecular weight is 317 g/mol. The number of hydrogen-bond acceptors (Lipinski definition) is 4. The molecule has 1 heterocycles. The minimum atomic E-state index is -3.62. The molecule has 1 aliphatic rings. The predicted octanol–water partition coefficient (Wildman–Crippen LogP) is 1.66. The SMILES string of the molecule is O=C(O)c1cccc2c1OCCN2S(=O)(=O)CCCCF. The molecule has 0 aliphatic carbocycles. The second-order valence-electron chi connectivity index (χ2n) is 4.59. The lowest BCUT2D eigenvalue weighted by Gasteiger charge is -2.31. The first-order valence-corrected chi connectivity index (χ1v) is 8.14. The zero-order valence-electron chi connectivity index (χ0n) is 11.3. The van der Waals surface area contributed by atoms with Gasteiger partial charge in [-0.3, -0.25) is 8.70 Å². The highest BCUT2D eigenvalue weighted by molar-refractivity contribution is 7.92. The Kier molecular flexibility index (Phi) is 4.66. The van der Waals surface area contributed by atoms with E-state index in [1.54, 1.807) is 0 Å². The van der Waals surface area contributed by atoms with E-state index in [-0.39, 0.29) is 48.7 Å². The van der Waals surface area contributed by atoms with E-state index in [1.807, 2.05) is 0 Å². The summed E-state index contributed by atoms with van der Waals surface area (Å²) in [5.74, 6) is -1.29. The Morgan fingerprint density at radius 2 is 2.14 bits per heavy atom. The number of alkyl halides is 1. The zero-order valence-corrected chi connectivity index (χ0v) is 12.1. The molecule has 0 saturated carbocycles. The number of anilines is 1. The van der Waals surface area contributed by atoms with E-state index in [1.165, 1.54) is 18.2 Å². The molecular weight excluding hydrogens is 301 g/mol. The van der Waals surface area contributed by atoms with Crippen LogP contribution in [0.15, 0.2) is 18.2 Å². The third-order valence-corrected chi connectivity index (χ3v) is 5.01. The molecule has 8 heteroatoms. The van der Waals surface area contributed by atoms with Gasteiger partial charge in [0.25, 0.3) is 0 Å². The van der Waals surface area contributed by atoms with Gasteiger partial charge in [0.2, 0.25) is 10.0 Å². The van der Waals surface area contributed by atoms with Crippen molar-refractivity contribution in [2.75, 3.05) is 29.9 Å². The van der Waals surface area contributed by atoms with E-state index in [4.69, 9.17) is 9.84 Å². The first-order valence-electron chi connectivity index (χ1n) is 6.53. The minimum absolute atomic E-state index is 0.0605. The van der Waals surface area contributed by atoms with Gasteiger partial charge in [0.15, 0.2) is 5.75 Å². The lowest BCUT2D eigenvalue weighted by Crippen LogP contribution is -2.39. The molecule has 0 atom stereocenters. The second-order valence-corrected chi connectivity index (χ2v) is 6.60. The number of carbonyl (C=O) groups is 1. The smallest absolute Gasteiger partial charge is 0.339 e. The van der Waals surface area contributed by atoms with Crippen LogP contribution < -0.4 is 9.04 Å². The van der Waals surface area contributed by atoms with Gasteiger partial charge < -0.3 is 9.84 Å². The van der Waals surface area contributed by atoms with Crippen molar-refractivity contribution < 1.29 is 27.4 Å². The standard InChI is InChI=1S/C13H16FNO5S/c14-6-1-2-9-21(18,19)15-7-8-20-12-10(13(16)17)4-3-5-11(12)15/h3-5H,1-2,6-9H2,(H,16,17). The monoisotopic (exact) mass is 317 g/mol. The summed E-state index contributed by atoms with van der Waals surface area (Å²) in [5.41, 5.74) is 0.151. The fourth-order valence-corrected chi connectivity index (χ4v) is 3.76.